The number of pyridine rings is 1. The van der Waals surface area contributed by atoms with Crippen LogP contribution in [0.3, 0.4) is 0 Å². The van der Waals surface area contributed by atoms with Gasteiger partial charge in [-0.3, -0.25) is 9.30 Å². The normalized spacial score (nSPS) is 21.4. The molecule has 1 unspecified atom stereocenters. The number of rotatable bonds is 2. The second-order valence-corrected chi connectivity index (χ2v) is 4.73. The first-order valence-corrected chi connectivity index (χ1v) is 6.35. The molecule has 3 rings (SSSR count). The molecule has 1 fully saturated rings. The van der Waals surface area contributed by atoms with Gasteiger partial charge in [0.25, 0.3) is 0 Å². The van der Waals surface area contributed by atoms with E-state index in [0.717, 1.165) is 18.0 Å². The number of hydrogen-bond acceptors (Lipinski definition) is 3. The second kappa shape index (κ2) is 4.11. The smallest absolute Gasteiger partial charge is 0.163 e. The minimum atomic E-state index is 0.441. The number of nitrogens with zero attached hydrogens (tertiary/aromatic N) is 4. The molecule has 1 atom stereocenters. The monoisotopic (exact) mass is 230 g/mol. The fourth-order valence-electron chi connectivity index (χ4n) is 2.79. The van der Waals surface area contributed by atoms with Crippen molar-refractivity contribution >= 4 is 5.65 Å². The van der Waals surface area contributed by atoms with Crippen molar-refractivity contribution in [2.24, 2.45) is 0 Å². The quantitative estimate of drug-likeness (QED) is 0.793. The minimum absolute atomic E-state index is 0.441. The summed E-state index contributed by atoms with van der Waals surface area (Å²) < 4.78 is 2.15. The van der Waals surface area contributed by atoms with E-state index in [0.29, 0.717) is 6.04 Å². The molecule has 17 heavy (non-hydrogen) atoms. The lowest BCUT2D eigenvalue weighted by atomic mass is 10.2. The fourth-order valence-corrected chi connectivity index (χ4v) is 2.79. The lowest BCUT2D eigenvalue weighted by Gasteiger charge is -2.20. The van der Waals surface area contributed by atoms with Crippen LogP contribution in [0.15, 0.2) is 18.3 Å². The molecule has 0 radical (unpaired) electrons. The van der Waals surface area contributed by atoms with Crippen LogP contribution in [-0.2, 0) is 0 Å². The molecule has 0 spiro atoms. The Morgan fingerprint density at radius 3 is 3.12 bits per heavy atom. The molecule has 0 bridgehead atoms. The van der Waals surface area contributed by atoms with E-state index < -0.39 is 0 Å². The van der Waals surface area contributed by atoms with Gasteiger partial charge in [0.1, 0.15) is 0 Å². The Morgan fingerprint density at radius 2 is 2.29 bits per heavy atom. The zero-order valence-electron chi connectivity index (χ0n) is 10.4. The number of aryl methyl sites for hydroxylation is 1. The van der Waals surface area contributed by atoms with Crippen molar-refractivity contribution in [2.45, 2.75) is 32.7 Å². The van der Waals surface area contributed by atoms with Crippen molar-refractivity contribution in [1.29, 1.82) is 0 Å². The molecule has 2 aromatic heterocycles. The third-order valence-electron chi connectivity index (χ3n) is 3.72. The molecular formula is C13H18N4. The molecule has 0 N–H and O–H groups in total. The molecule has 1 aliphatic heterocycles. The van der Waals surface area contributed by atoms with Crippen LogP contribution >= 0.6 is 0 Å². The van der Waals surface area contributed by atoms with Gasteiger partial charge in [0.2, 0.25) is 0 Å². The van der Waals surface area contributed by atoms with Crippen LogP contribution in [0.4, 0.5) is 0 Å². The van der Waals surface area contributed by atoms with Gasteiger partial charge in [0, 0.05) is 6.20 Å². The lowest BCUT2D eigenvalue weighted by molar-refractivity contribution is 0.261. The second-order valence-electron chi connectivity index (χ2n) is 4.73. The molecule has 0 saturated carbocycles. The molecule has 4 heteroatoms. The van der Waals surface area contributed by atoms with Crippen LogP contribution in [0.2, 0.25) is 0 Å². The van der Waals surface area contributed by atoms with E-state index in [2.05, 4.69) is 51.7 Å². The summed E-state index contributed by atoms with van der Waals surface area (Å²) in [4.78, 5) is 2.48. The molecule has 0 aromatic carbocycles. The van der Waals surface area contributed by atoms with Gasteiger partial charge < -0.3 is 0 Å². The third kappa shape index (κ3) is 1.63. The maximum Gasteiger partial charge on any atom is 0.163 e. The summed E-state index contributed by atoms with van der Waals surface area (Å²) in [5.41, 5.74) is 2.18. The number of aromatic nitrogens is 3. The highest BCUT2D eigenvalue weighted by Crippen LogP contribution is 2.30. The average molecular weight is 230 g/mol. The van der Waals surface area contributed by atoms with Gasteiger partial charge in [-0.25, -0.2) is 0 Å². The Balaban J connectivity index is 2.09. The summed E-state index contributed by atoms with van der Waals surface area (Å²) in [6.45, 7) is 6.57. The predicted octanol–water partition coefficient (Wildman–Crippen LogP) is 2.19. The molecule has 2 aromatic rings. The van der Waals surface area contributed by atoms with E-state index in [1.54, 1.807) is 0 Å². The van der Waals surface area contributed by atoms with Crippen LogP contribution in [0.5, 0.6) is 0 Å². The van der Waals surface area contributed by atoms with E-state index in [-0.39, 0.29) is 0 Å². The summed E-state index contributed by atoms with van der Waals surface area (Å²) in [6, 6.07) is 4.59. The van der Waals surface area contributed by atoms with Crippen LogP contribution in [0.1, 0.15) is 37.2 Å². The summed E-state index contributed by atoms with van der Waals surface area (Å²) in [5.74, 6) is 1.10. The summed E-state index contributed by atoms with van der Waals surface area (Å²) >= 11 is 0. The molecule has 0 amide bonds. The molecule has 1 aliphatic rings. The van der Waals surface area contributed by atoms with Crippen LogP contribution in [0.25, 0.3) is 5.65 Å². The first kappa shape index (κ1) is 10.7. The Hall–Kier alpha value is -1.42. The van der Waals surface area contributed by atoms with Crippen molar-refractivity contribution < 1.29 is 0 Å². The number of likely N-dealkylation sites (tertiary alicyclic amines) is 1. The Bertz CT molecular complexity index is 531. The van der Waals surface area contributed by atoms with Crippen molar-refractivity contribution in [3.8, 4) is 0 Å². The van der Waals surface area contributed by atoms with Crippen molar-refractivity contribution in [3.05, 3.63) is 29.7 Å². The first-order valence-electron chi connectivity index (χ1n) is 6.35. The summed E-state index contributed by atoms with van der Waals surface area (Å²) in [5, 5.41) is 8.73. The van der Waals surface area contributed by atoms with Gasteiger partial charge in [-0.05, 0) is 44.5 Å². The van der Waals surface area contributed by atoms with Gasteiger partial charge in [-0.2, -0.15) is 0 Å². The summed E-state index contributed by atoms with van der Waals surface area (Å²) in [6.07, 6.45) is 4.53. The highest BCUT2D eigenvalue weighted by atomic mass is 15.3. The minimum Gasteiger partial charge on any atom is -0.294 e. The van der Waals surface area contributed by atoms with E-state index in [1.165, 1.54) is 24.9 Å². The van der Waals surface area contributed by atoms with E-state index in [4.69, 9.17) is 0 Å². The Morgan fingerprint density at radius 1 is 1.41 bits per heavy atom. The highest BCUT2D eigenvalue weighted by molar-refractivity contribution is 5.46. The van der Waals surface area contributed by atoms with E-state index in [9.17, 15) is 0 Å². The van der Waals surface area contributed by atoms with Crippen LogP contribution in [-0.4, -0.2) is 32.6 Å². The number of hydrogen-bond donors (Lipinski definition) is 0. The molecular weight excluding hydrogens is 212 g/mol. The molecule has 0 aliphatic carbocycles. The van der Waals surface area contributed by atoms with E-state index in [1.807, 2.05) is 0 Å². The average Bonchev–Trinajstić information content (AvgIpc) is 2.94. The van der Waals surface area contributed by atoms with Crippen LogP contribution in [0, 0.1) is 6.92 Å². The molecule has 1 saturated heterocycles. The van der Waals surface area contributed by atoms with Crippen molar-refractivity contribution in [1.82, 2.24) is 19.5 Å². The SMILES string of the molecule is CCN1CCCC1c1nnc2c(C)cccn12. The first-order chi connectivity index (χ1) is 8.31. The Labute approximate surface area is 101 Å². The zero-order chi connectivity index (χ0) is 11.8. The van der Waals surface area contributed by atoms with E-state index >= 15 is 0 Å². The molecule has 4 nitrogen and oxygen atoms in total. The Kier molecular flexibility index (Phi) is 2.59. The van der Waals surface area contributed by atoms with Gasteiger partial charge >= 0.3 is 0 Å². The highest BCUT2D eigenvalue weighted by Gasteiger charge is 2.28. The predicted molar refractivity (Wildman–Crippen MR) is 66.9 cm³/mol. The zero-order valence-corrected chi connectivity index (χ0v) is 10.4. The fraction of sp³-hybridized carbons (Fsp3) is 0.538. The molecule has 3 heterocycles. The number of fused-ring (bicyclic) bond motifs is 1. The lowest BCUT2D eigenvalue weighted by Crippen LogP contribution is -2.24. The largest absolute Gasteiger partial charge is 0.294 e. The van der Waals surface area contributed by atoms with Crippen molar-refractivity contribution in [2.75, 3.05) is 13.1 Å². The third-order valence-corrected chi connectivity index (χ3v) is 3.72. The summed E-state index contributed by atoms with van der Waals surface area (Å²) in [7, 11) is 0. The maximum absolute atomic E-state index is 4.41. The van der Waals surface area contributed by atoms with Gasteiger partial charge in [0.15, 0.2) is 11.5 Å². The van der Waals surface area contributed by atoms with Gasteiger partial charge in [-0.15, -0.1) is 10.2 Å². The van der Waals surface area contributed by atoms with Gasteiger partial charge in [-0.1, -0.05) is 13.0 Å². The topological polar surface area (TPSA) is 33.4 Å². The van der Waals surface area contributed by atoms with Crippen molar-refractivity contribution in [3.63, 3.8) is 0 Å². The molecule has 90 valence electrons. The maximum atomic E-state index is 4.41. The standard InChI is InChI=1S/C13H18N4/c1-3-16-8-5-7-11(16)13-15-14-12-10(2)6-4-9-17(12)13/h4,6,9,11H,3,5,7-8H2,1-2H3. The van der Waals surface area contributed by atoms with Crippen LogP contribution < -0.4 is 0 Å². The van der Waals surface area contributed by atoms with Gasteiger partial charge in [0.05, 0.1) is 6.04 Å².